The van der Waals surface area contributed by atoms with Gasteiger partial charge >= 0.3 is 10.2 Å². The Morgan fingerprint density at radius 1 is 0.889 bits per heavy atom. The molecule has 0 radical (unpaired) electrons. The molecule has 1 nitrogen and oxygen atoms in total. The molecule has 2 rings (SSSR count). The third-order valence-corrected chi connectivity index (χ3v) is 3.49. The largest absolute Gasteiger partial charge is 0.469 e. The SMILES string of the molecule is FS(F)(F)(F)(F)c1ccc(Cc2ccco2)cc1. The van der Waals surface area contributed by atoms with E-state index in [2.05, 4.69) is 0 Å². The van der Waals surface area contributed by atoms with Crippen molar-refractivity contribution >= 4 is 10.2 Å². The lowest BCUT2D eigenvalue weighted by atomic mass is 10.1. The van der Waals surface area contributed by atoms with Gasteiger partial charge in [-0.25, -0.2) is 0 Å². The molecule has 0 saturated carbocycles. The molecule has 0 N–H and O–H groups in total. The maximum atomic E-state index is 12.4. The molecule has 0 fully saturated rings. The average molecular weight is 284 g/mol. The van der Waals surface area contributed by atoms with Gasteiger partial charge in [0.2, 0.25) is 0 Å². The van der Waals surface area contributed by atoms with Gasteiger partial charge in [-0.3, -0.25) is 0 Å². The molecule has 7 heteroatoms. The van der Waals surface area contributed by atoms with Gasteiger partial charge in [-0.1, -0.05) is 31.6 Å². The van der Waals surface area contributed by atoms with Crippen molar-refractivity contribution in [2.75, 3.05) is 0 Å². The van der Waals surface area contributed by atoms with Gasteiger partial charge in [-0.2, -0.15) is 0 Å². The summed E-state index contributed by atoms with van der Waals surface area (Å²) in [5.74, 6) is 0.551. The van der Waals surface area contributed by atoms with Crippen LogP contribution in [0.1, 0.15) is 11.3 Å². The van der Waals surface area contributed by atoms with Crippen LogP contribution in [-0.4, -0.2) is 0 Å². The fourth-order valence-electron chi connectivity index (χ4n) is 1.48. The highest BCUT2D eigenvalue weighted by atomic mass is 32.5. The molecular formula is C11H9F5OS. The lowest BCUT2D eigenvalue weighted by Gasteiger charge is -2.40. The summed E-state index contributed by atoms with van der Waals surface area (Å²) in [6, 6.07) is 6.14. The smallest absolute Gasteiger partial charge is 0.310 e. The molecule has 100 valence electrons. The Morgan fingerprint density at radius 3 is 1.94 bits per heavy atom. The van der Waals surface area contributed by atoms with Crippen molar-refractivity contribution in [3.63, 3.8) is 0 Å². The summed E-state index contributed by atoms with van der Waals surface area (Å²) in [6.07, 6.45) is 1.69. The van der Waals surface area contributed by atoms with E-state index in [0.29, 0.717) is 23.5 Å². The van der Waals surface area contributed by atoms with Crippen LogP contribution in [0, 0.1) is 0 Å². The Labute approximate surface area is 99.9 Å². The van der Waals surface area contributed by atoms with Crippen molar-refractivity contribution in [3.8, 4) is 0 Å². The van der Waals surface area contributed by atoms with Crippen molar-refractivity contribution in [1.82, 2.24) is 0 Å². The third-order valence-electron chi connectivity index (χ3n) is 2.33. The topological polar surface area (TPSA) is 13.1 Å². The van der Waals surface area contributed by atoms with Crippen LogP contribution in [0.25, 0.3) is 0 Å². The van der Waals surface area contributed by atoms with Crippen LogP contribution in [0.2, 0.25) is 0 Å². The zero-order chi connectivity index (χ0) is 13.5. The van der Waals surface area contributed by atoms with Crippen molar-refractivity contribution in [2.24, 2.45) is 0 Å². The summed E-state index contributed by atoms with van der Waals surface area (Å²) in [5.41, 5.74) is 0.468. The van der Waals surface area contributed by atoms with Crippen LogP contribution in [0.3, 0.4) is 0 Å². The van der Waals surface area contributed by atoms with Crippen LogP contribution in [0.5, 0.6) is 0 Å². The highest BCUT2D eigenvalue weighted by Crippen LogP contribution is 3.02. The van der Waals surface area contributed by atoms with E-state index in [4.69, 9.17) is 4.42 Å². The second-order valence-corrected chi connectivity index (χ2v) is 6.28. The molecule has 0 bridgehead atoms. The molecule has 2 aromatic rings. The third kappa shape index (κ3) is 3.04. The van der Waals surface area contributed by atoms with Crippen LogP contribution in [0.4, 0.5) is 19.4 Å². The van der Waals surface area contributed by atoms with E-state index in [0.717, 1.165) is 12.1 Å². The molecule has 0 aliphatic heterocycles. The molecule has 0 atom stereocenters. The molecule has 1 aromatic heterocycles. The van der Waals surface area contributed by atoms with E-state index in [1.165, 1.54) is 6.26 Å². The molecule has 0 unspecified atom stereocenters. The number of rotatable bonds is 3. The summed E-state index contributed by atoms with van der Waals surface area (Å²) < 4.78 is 67.2. The average Bonchev–Trinajstić information content (AvgIpc) is 2.67. The predicted molar refractivity (Wildman–Crippen MR) is 59.4 cm³/mol. The zero-order valence-electron chi connectivity index (χ0n) is 8.95. The van der Waals surface area contributed by atoms with Gasteiger partial charge in [-0.05, 0) is 29.8 Å². The maximum Gasteiger partial charge on any atom is 0.310 e. The van der Waals surface area contributed by atoms with Crippen molar-refractivity contribution in [1.29, 1.82) is 0 Å². The molecule has 0 spiro atoms. The lowest BCUT2D eigenvalue weighted by Crippen LogP contribution is -2.05. The minimum absolute atomic E-state index is 0.258. The molecule has 0 aliphatic rings. The van der Waals surface area contributed by atoms with E-state index in [1.807, 2.05) is 0 Å². The molecule has 18 heavy (non-hydrogen) atoms. The van der Waals surface area contributed by atoms with Crippen LogP contribution < -0.4 is 0 Å². The first-order chi connectivity index (χ1) is 8.04. The number of hydrogen-bond donors (Lipinski definition) is 0. The van der Waals surface area contributed by atoms with Gasteiger partial charge in [0.15, 0.2) is 0 Å². The fourth-order valence-corrected chi connectivity index (χ4v) is 2.13. The number of benzene rings is 1. The van der Waals surface area contributed by atoms with E-state index in [1.54, 1.807) is 12.1 Å². The van der Waals surface area contributed by atoms with Gasteiger partial charge in [0, 0.05) is 6.42 Å². The summed E-state index contributed by atoms with van der Waals surface area (Å²) >= 11 is 0. The van der Waals surface area contributed by atoms with Gasteiger partial charge in [-0.15, -0.1) is 0 Å². The highest BCUT2D eigenvalue weighted by molar-refractivity contribution is 8.45. The standard InChI is InChI=1S/C11H9F5OS/c12-18(13,14,15,16)11-5-3-9(4-6-11)8-10-2-1-7-17-10/h1-7H,8H2. The first-order valence-corrected chi connectivity index (χ1v) is 6.85. The molecule has 0 amide bonds. The maximum absolute atomic E-state index is 12.4. The van der Waals surface area contributed by atoms with E-state index < -0.39 is 15.1 Å². The first kappa shape index (κ1) is 12.9. The molecule has 1 heterocycles. The fraction of sp³-hybridized carbons (Fsp3) is 0.0909. The Hall–Kier alpha value is -1.50. The lowest BCUT2D eigenvalue weighted by molar-refractivity contribution is 0.364. The van der Waals surface area contributed by atoms with Crippen LogP contribution >= 0.6 is 10.2 Å². The minimum Gasteiger partial charge on any atom is -0.469 e. The van der Waals surface area contributed by atoms with Crippen molar-refractivity contribution in [3.05, 3.63) is 54.0 Å². The summed E-state index contributed by atoms with van der Waals surface area (Å²) in [7, 11) is -9.56. The Balaban J connectivity index is 2.27. The number of furan rings is 1. The van der Waals surface area contributed by atoms with Crippen molar-refractivity contribution in [2.45, 2.75) is 11.3 Å². The van der Waals surface area contributed by atoms with Gasteiger partial charge in [0.05, 0.1) is 6.26 Å². The second kappa shape index (κ2) is 3.28. The number of halogens is 5. The predicted octanol–water partition coefficient (Wildman–Crippen LogP) is 5.53. The Morgan fingerprint density at radius 2 is 1.50 bits per heavy atom. The second-order valence-electron chi connectivity index (χ2n) is 3.87. The normalized spacial score (nSPS) is 16.1. The highest BCUT2D eigenvalue weighted by Gasteiger charge is 2.65. The molecule has 0 aliphatic carbocycles. The number of hydrogen-bond acceptors (Lipinski definition) is 1. The van der Waals surface area contributed by atoms with Gasteiger partial charge in [0.1, 0.15) is 10.7 Å². The van der Waals surface area contributed by atoms with E-state index >= 15 is 0 Å². The Kier molecular flexibility index (Phi) is 2.36. The first-order valence-electron chi connectivity index (χ1n) is 4.90. The zero-order valence-corrected chi connectivity index (χ0v) is 9.77. The van der Waals surface area contributed by atoms with Gasteiger partial charge in [0.25, 0.3) is 0 Å². The van der Waals surface area contributed by atoms with Crippen LogP contribution in [-0.2, 0) is 6.42 Å². The monoisotopic (exact) mass is 284 g/mol. The molecular weight excluding hydrogens is 275 g/mol. The summed E-state index contributed by atoms with van der Waals surface area (Å²) in [4.78, 5) is -1.88. The van der Waals surface area contributed by atoms with E-state index in [-0.39, 0.29) is 6.42 Å². The minimum atomic E-state index is -9.56. The van der Waals surface area contributed by atoms with E-state index in [9.17, 15) is 19.4 Å². The molecule has 0 saturated heterocycles. The van der Waals surface area contributed by atoms with Crippen LogP contribution in [0.15, 0.2) is 52.0 Å². The summed E-state index contributed by atoms with van der Waals surface area (Å²) in [5, 5.41) is 0. The quantitative estimate of drug-likeness (QED) is 0.675. The molecule has 1 aromatic carbocycles. The Bertz CT molecular complexity index is 541. The van der Waals surface area contributed by atoms with Crippen molar-refractivity contribution < 1.29 is 23.8 Å². The van der Waals surface area contributed by atoms with Gasteiger partial charge < -0.3 is 4.42 Å². The summed E-state index contributed by atoms with van der Waals surface area (Å²) in [6.45, 7) is 0.